The molecule has 0 aromatic heterocycles. The Bertz CT molecular complexity index is 593. The van der Waals surface area contributed by atoms with E-state index in [0.29, 0.717) is 23.3 Å². The summed E-state index contributed by atoms with van der Waals surface area (Å²) >= 11 is 0. The van der Waals surface area contributed by atoms with Crippen LogP contribution in [0.5, 0.6) is 0 Å². The van der Waals surface area contributed by atoms with Crippen molar-refractivity contribution in [2.45, 2.75) is 33.6 Å². The van der Waals surface area contributed by atoms with Crippen LogP contribution in [-0.2, 0) is 0 Å². The Kier molecular flexibility index (Phi) is 4.69. The average molecular weight is 285 g/mol. The fourth-order valence-corrected chi connectivity index (χ4v) is 2.40. The van der Waals surface area contributed by atoms with Crippen LogP contribution in [0.25, 0.3) is 0 Å². The number of nitrogens with one attached hydrogen (secondary N) is 1. The van der Waals surface area contributed by atoms with E-state index < -0.39 is 0 Å². The lowest BCUT2D eigenvalue weighted by molar-refractivity contribution is 0.0950. The van der Waals surface area contributed by atoms with Gasteiger partial charge in [0.25, 0.3) is 5.91 Å². The summed E-state index contributed by atoms with van der Waals surface area (Å²) in [5.41, 5.74) is 2.82. The fraction of sp³-hybridized carbons (Fsp3) is 0.500. The fourth-order valence-electron chi connectivity index (χ4n) is 2.40. The highest BCUT2D eigenvalue weighted by atomic mass is 16.2. The molecule has 1 unspecified atom stereocenters. The molecule has 1 aromatic carbocycles. The summed E-state index contributed by atoms with van der Waals surface area (Å²) in [6.45, 7) is 7.19. The van der Waals surface area contributed by atoms with E-state index in [-0.39, 0.29) is 12.5 Å². The zero-order valence-corrected chi connectivity index (χ0v) is 13.0. The lowest BCUT2D eigenvalue weighted by atomic mass is 10.0. The summed E-state index contributed by atoms with van der Waals surface area (Å²) in [7, 11) is 0. The molecule has 1 saturated carbocycles. The molecule has 1 amide bonds. The second kappa shape index (κ2) is 6.32. The lowest BCUT2D eigenvalue weighted by Crippen LogP contribution is -2.27. The smallest absolute Gasteiger partial charge is 0.251 e. The van der Waals surface area contributed by atoms with Gasteiger partial charge in [-0.1, -0.05) is 31.8 Å². The van der Waals surface area contributed by atoms with Gasteiger partial charge in [0.2, 0.25) is 0 Å². The van der Waals surface area contributed by atoms with Crippen LogP contribution in [0.15, 0.2) is 18.2 Å². The summed E-state index contributed by atoms with van der Waals surface area (Å²) in [6.07, 6.45) is 1.63. The molecule has 3 heteroatoms. The Morgan fingerprint density at radius 1 is 1.48 bits per heavy atom. The molecule has 0 bridgehead atoms. The number of hydrogen-bond donors (Lipinski definition) is 2. The molecule has 1 aliphatic rings. The average Bonchev–Trinajstić information content (AvgIpc) is 3.06. The summed E-state index contributed by atoms with van der Waals surface area (Å²) in [4.78, 5) is 12.3. The van der Waals surface area contributed by atoms with E-state index in [2.05, 4.69) is 31.0 Å². The summed E-state index contributed by atoms with van der Waals surface area (Å²) in [5, 5.41) is 11.8. The van der Waals surface area contributed by atoms with E-state index in [1.54, 1.807) is 0 Å². The molecule has 21 heavy (non-hydrogen) atoms. The Balaban J connectivity index is 2.02. The molecule has 0 spiro atoms. The number of carbonyl (C=O) groups is 1. The number of aliphatic hydroxyl groups excluding tert-OH is 1. The molecular formula is C18H23NO2. The Morgan fingerprint density at radius 2 is 2.19 bits per heavy atom. The minimum atomic E-state index is -0.0268. The highest BCUT2D eigenvalue weighted by Crippen LogP contribution is 2.50. The molecule has 3 nitrogen and oxygen atoms in total. The first-order valence-corrected chi connectivity index (χ1v) is 7.42. The van der Waals surface area contributed by atoms with Crippen molar-refractivity contribution >= 4 is 5.91 Å². The minimum Gasteiger partial charge on any atom is -0.395 e. The van der Waals surface area contributed by atoms with E-state index in [1.165, 1.54) is 6.42 Å². The van der Waals surface area contributed by atoms with Crippen molar-refractivity contribution in [3.63, 3.8) is 0 Å². The number of carbonyl (C=O) groups excluding carboxylic acids is 1. The zero-order valence-electron chi connectivity index (χ0n) is 13.0. The van der Waals surface area contributed by atoms with Gasteiger partial charge >= 0.3 is 0 Å². The van der Waals surface area contributed by atoms with E-state index in [4.69, 9.17) is 5.11 Å². The Morgan fingerprint density at radius 3 is 2.81 bits per heavy atom. The SMILES string of the molecule is Cc1ccc(C#CCCO)cc1C(=O)NCC1CC1(C)C. The van der Waals surface area contributed by atoms with Gasteiger partial charge in [-0.2, -0.15) is 0 Å². The van der Waals surface area contributed by atoms with Gasteiger partial charge in [0, 0.05) is 24.1 Å². The predicted molar refractivity (Wildman–Crippen MR) is 84.0 cm³/mol. The number of aryl methyl sites for hydroxylation is 1. The molecule has 0 aliphatic heterocycles. The maximum atomic E-state index is 12.3. The van der Waals surface area contributed by atoms with Crippen LogP contribution < -0.4 is 5.32 Å². The van der Waals surface area contributed by atoms with Crippen molar-refractivity contribution in [3.05, 3.63) is 34.9 Å². The van der Waals surface area contributed by atoms with Gasteiger partial charge in [0.05, 0.1) is 6.61 Å². The Hall–Kier alpha value is -1.79. The number of amides is 1. The van der Waals surface area contributed by atoms with Gasteiger partial charge in [0.15, 0.2) is 0 Å². The van der Waals surface area contributed by atoms with Gasteiger partial charge < -0.3 is 10.4 Å². The molecule has 0 radical (unpaired) electrons. The van der Waals surface area contributed by atoms with Gasteiger partial charge in [-0.15, -0.1) is 0 Å². The molecule has 1 aromatic rings. The number of aliphatic hydroxyl groups is 1. The monoisotopic (exact) mass is 285 g/mol. The first-order chi connectivity index (χ1) is 9.94. The second-order valence-electron chi connectivity index (χ2n) is 6.40. The van der Waals surface area contributed by atoms with E-state index in [9.17, 15) is 4.79 Å². The van der Waals surface area contributed by atoms with E-state index >= 15 is 0 Å². The van der Waals surface area contributed by atoms with Crippen LogP contribution in [0.4, 0.5) is 0 Å². The quantitative estimate of drug-likeness (QED) is 0.835. The highest BCUT2D eigenvalue weighted by Gasteiger charge is 2.45. The summed E-state index contributed by atoms with van der Waals surface area (Å²) < 4.78 is 0. The van der Waals surface area contributed by atoms with Crippen LogP contribution >= 0.6 is 0 Å². The van der Waals surface area contributed by atoms with Gasteiger partial charge in [-0.25, -0.2) is 0 Å². The Labute approximate surface area is 126 Å². The number of rotatable bonds is 4. The summed E-state index contributed by atoms with van der Waals surface area (Å²) in [5.74, 6) is 6.41. The number of hydrogen-bond acceptors (Lipinski definition) is 2. The molecule has 1 atom stereocenters. The van der Waals surface area contributed by atoms with Crippen molar-refractivity contribution in [1.82, 2.24) is 5.32 Å². The molecule has 112 valence electrons. The van der Waals surface area contributed by atoms with Crippen molar-refractivity contribution in [2.24, 2.45) is 11.3 Å². The maximum Gasteiger partial charge on any atom is 0.251 e. The van der Waals surface area contributed by atoms with Crippen LogP contribution in [0.1, 0.15) is 48.2 Å². The molecule has 1 aliphatic carbocycles. The van der Waals surface area contributed by atoms with Crippen LogP contribution in [0.3, 0.4) is 0 Å². The molecule has 2 rings (SSSR count). The first kappa shape index (κ1) is 15.6. The van der Waals surface area contributed by atoms with Crippen molar-refractivity contribution in [3.8, 4) is 11.8 Å². The molecule has 0 heterocycles. The summed E-state index contributed by atoms with van der Waals surface area (Å²) in [6, 6.07) is 5.65. The van der Waals surface area contributed by atoms with Crippen LogP contribution in [0, 0.1) is 30.1 Å². The van der Waals surface area contributed by atoms with E-state index in [1.807, 2.05) is 25.1 Å². The molecule has 1 fully saturated rings. The van der Waals surface area contributed by atoms with Crippen LogP contribution in [0.2, 0.25) is 0 Å². The zero-order chi connectivity index (χ0) is 15.5. The topological polar surface area (TPSA) is 49.3 Å². The third-order valence-electron chi connectivity index (χ3n) is 4.18. The normalized spacial score (nSPS) is 18.6. The molecular weight excluding hydrogens is 262 g/mol. The second-order valence-corrected chi connectivity index (χ2v) is 6.40. The lowest BCUT2D eigenvalue weighted by Gasteiger charge is -2.09. The highest BCUT2D eigenvalue weighted by molar-refractivity contribution is 5.96. The molecule has 2 N–H and O–H groups in total. The third kappa shape index (κ3) is 4.09. The van der Waals surface area contributed by atoms with Gasteiger partial charge in [-0.05, 0) is 42.4 Å². The van der Waals surface area contributed by atoms with Gasteiger partial charge in [-0.3, -0.25) is 4.79 Å². The van der Waals surface area contributed by atoms with E-state index in [0.717, 1.165) is 17.7 Å². The largest absolute Gasteiger partial charge is 0.395 e. The molecule has 0 saturated heterocycles. The van der Waals surface area contributed by atoms with Gasteiger partial charge in [0.1, 0.15) is 0 Å². The first-order valence-electron chi connectivity index (χ1n) is 7.42. The van der Waals surface area contributed by atoms with Crippen LogP contribution in [-0.4, -0.2) is 24.2 Å². The maximum absolute atomic E-state index is 12.3. The third-order valence-corrected chi connectivity index (χ3v) is 4.18. The number of benzene rings is 1. The van der Waals surface area contributed by atoms with Crippen molar-refractivity contribution in [1.29, 1.82) is 0 Å². The predicted octanol–water partition coefficient (Wildman–Crippen LogP) is 2.50. The van der Waals surface area contributed by atoms with Crippen molar-refractivity contribution < 1.29 is 9.90 Å². The standard InChI is InChI=1S/C18H23NO2/c1-13-7-8-14(6-4-5-9-20)10-16(13)17(21)19-12-15-11-18(15,2)3/h7-8,10,15,20H,5,9,11-12H2,1-3H3,(H,19,21). The minimum absolute atomic E-state index is 0.0268. The van der Waals surface area contributed by atoms with Crippen molar-refractivity contribution in [2.75, 3.05) is 13.2 Å².